The van der Waals surface area contributed by atoms with E-state index in [-0.39, 0.29) is 11.7 Å². The Bertz CT molecular complexity index is 1210. The summed E-state index contributed by atoms with van der Waals surface area (Å²) in [5.41, 5.74) is 6.09. The molecule has 39 heavy (non-hydrogen) atoms. The molecule has 0 spiro atoms. The Hall–Kier alpha value is -3.20. The van der Waals surface area contributed by atoms with Crippen LogP contribution in [0, 0.1) is 11.7 Å². The highest BCUT2D eigenvalue weighted by Crippen LogP contribution is 2.38. The lowest BCUT2D eigenvalue weighted by molar-refractivity contribution is -0.124. The summed E-state index contributed by atoms with van der Waals surface area (Å²) in [5.74, 6) is 1.32. The van der Waals surface area contributed by atoms with Gasteiger partial charge in [-0.3, -0.25) is 4.79 Å². The van der Waals surface area contributed by atoms with Crippen LogP contribution in [0.25, 0.3) is 22.3 Å². The number of rotatable bonds is 12. The van der Waals surface area contributed by atoms with E-state index in [1.807, 2.05) is 12.1 Å². The van der Waals surface area contributed by atoms with Crippen molar-refractivity contribution in [1.29, 1.82) is 0 Å². The first-order chi connectivity index (χ1) is 19.0. The number of nitrogens with zero attached hydrogens (tertiary/aromatic N) is 1. The molecule has 1 saturated carbocycles. The average molecular weight is 526 g/mol. The lowest BCUT2D eigenvalue weighted by Crippen LogP contribution is -2.25. The smallest absolute Gasteiger partial charge is 0.245 e. The van der Waals surface area contributed by atoms with Gasteiger partial charge in [0, 0.05) is 19.2 Å². The van der Waals surface area contributed by atoms with Crippen LogP contribution >= 0.6 is 0 Å². The largest absolute Gasteiger partial charge is 0.342 e. The Kier molecular flexibility index (Phi) is 10.5. The van der Waals surface area contributed by atoms with Gasteiger partial charge in [-0.2, -0.15) is 0 Å². The van der Waals surface area contributed by atoms with Crippen molar-refractivity contribution in [3.05, 3.63) is 96.3 Å². The van der Waals surface area contributed by atoms with Gasteiger partial charge in [-0.15, -0.1) is 0 Å². The third kappa shape index (κ3) is 7.91. The molecule has 0 N–H and O–H groups in total. The second kappa shape index (κ2) is 14.3. The Morgan fingerprint density at radius 1 is 0.897 bits per heavy atom. The first kappa shape index (κ1) is 28.8. The third-order valence-electron chi connectivity index (χ3n) is 8.52. The van der Waals surface area contributed by atoms with Gasteiger partial charge < -0.3 is 4.90 Å². The number of hydrogen-bond acceptors (Lipinski definition) is 1. The minimum atomic E-state index is -0.188. The van der Waals surface area contributed by atoms with Crippen molar-refractivity contribution in [3.8, 4) is 22.3 Å². The van der Waals surface area contributed by atoms with Crippen molar-refractivity contribution in [2.24, 2.45) is 5.92 Å². The van der Waals surface area contributed by atoms with Crippen LogP contribution in [0.15, 0.2) is 79.4 Å². The van der Waals surface area contributed by atoms with E-state index in [2.05, 4.69) is 62.0 Å². The molecular weight excluding hydrogens is 481 g/mol. The number of amides is 1. The highest BCUT2D eigenvalue weighted by molar-refractivity contribution is 5.86. The average Bonchev–Trinajstić information content (AvgIpc) is 2.97. The monoisotopic (exact) mass is 525 g/mol. The van der Waals surface area contributed by atoms with Crippen molar-refractivity contribution in [1.82, 2.24) is 4.90 Å². The van der Waals surface area contributed by atoms with Gasteiger partial charge in [-0.05, 0) is 90.3 Å². The second-order valence-electron chi connectivity index (χ2n) is 11.3. The molecule has 1 amide bonds. The van der Waals surface area contributed by atoms with Crippen LogP contribution in [0.5, 0.6) is 0 Å². The maximum absolute atomic E-state index is 15.2. The topological polar surface area (TPSA) is 20.3 Å². The van der Waals surface area contributed by atoms with E-state index in [1.54, 1.807) is 18.0 Å². The molecule has 0 saturated heterocycles. The van der Waals surface area contributed by atoms with Gasteiger partial charge in [-0.1, -0.05) is 99.8 Å². The normalized spacial score (nSPS) is 17.1. The molecule has 0 unspecified atom stereocenters. The number of unbranched alkanes of at least 4 members (excludes halogenated alkanes) is 2. The van der Waals surface area contributed by atoms with E-state index >= 15 is 4.39 Å². The molecule has 4 rings (SSSR count). The van der Waals surface area contributed by atoms with E-state index in [0.29, 0.717) is 18.0 Å². The zero-order valence-corrected chi connectivity index (χ0v) is 23.8. The zero-order chi connectivity index (χ0) is 27.6. The van der Waals surface area contributed by atoms with Crippen LogP contribution < -0.4 is 0 Å². The Morgan fingerprint density at radius 3 is 2.21 bits per heavy atom. The molecule has 3 aromatic carbocycles. The molecule has 1 aliphatic rings. The van der Waals surface area contributed by atoms with E-state index in [9.17, 15) is 4.79 Å². The first-order valence-corrected chi connectivity index (χ1v) is 14.8. The molecule has 0 radical (unpaired) electrons. The molecule has 0 aliphatic heterocycles. The van der Waals surface area contributed by atoms with E-state index in [4.69, 9.17) is 0 Å². The van der Waals surface area contributed by atoms with Crippen molar-refractivity contribution in [3.63, 3.8) is 0 Å². The lowest BCUT2D eigenvalue weighted by atomic mass is 9.77. The number of carbonyl (C=O) groups excluding carboxylic acids is 1. The van der Waals surface area contributed by atoms with Crippen LogP contribution in [0.4, 0.5) is 4.39 Å². The van der Waals surface area contributed by atoms with Crippen molar-refractivity contribution in [2.45, 2.75) is 77.0 Å². The van der Waals surface area contributed by atoms with Gasteiger partial charge >= 0.3 is 0 Å². The standard InChI is InChI=1S/C36H44FNO/c1-4-6-7-9-27-11-15-29(16-12-27)30-19-21-32(22-20-30)34-24-23-33(26-35(34)37)31-17-13-28(14-18-31)10-8-25-38(3)36(39)5-2/h5,13-14,17-24,26-27,29H,2,4,6-12,15-16,25H2,1,3H3. The summed E-state index contributed by atoms with van der Waals surface area (Å²) in [7, 11) is 1.79. The summed E-state index contributed by atoms with van der Waals surface area (Å²) in [4.78, 5) is 13.3. The van der Waals surface area contributed by atoms with Gasteiger partial charge in [-0.25, -0.2) is 4.39 Å². The minimum Gasteiger partial charge on any atom is -0.342 e. The first-order valence-electron chi connectivity index (χ1n) is 14.8. The number of halogens is 1. The number of carbonyl (C=O) groups is 1. The van der Waals surface area contributed by atoms with Crippen LogP contribution in [0.1, 0.15) is 81.8 Å². The molecule has 3 aromatic rings. The highest BCUT2D eigenvalue weighted by atomic mass is 19.1. The van der Waals surface area contributed by atoms with E-state index in [1.165, 1.54) is 68.6 Å². The maximum atomic E-state index is 15.2. The molecule has 0 bridgehead atoms. The fourth-order valence-corrected chi connectivity index (χ4v) is 5.98. The van der Waals surface area contributed by atoms with Crippen molar-refractivity contribution < 1.29 is 9.18 Å². The van der Waals surface area contributed by atoms with Gasteiger partial charge in [0.1, 0.15) is 5.82 Å². The summed E-state index contributed by atoms with van der Waals surface area (Å²) in [5, 5.41) is 0. The summed E-state index contributed by atoms with van der Waals surface area (Å²) >= 11 is 0. The Balaban J connectivity index is 1.33. The van der Waals surface area contributed by atoms with Crippen molar-refractivity contribution >= 4 is 5.91 Å². The van der Waals surface area contributed by atoms with Gasteiger partial charge in [0.25, 0.3) is 0 Å². The van der Waals surface area contributed by atoms with Crippen LogP contribution in [0.2, 0.25) is 0 Å². The Labute approximate surface area is 235 Å². The Morgan fingerprint density at radius 2 is 1.56 bits per heavy atom. The third-order valence-corrected chi connectivity index (χ3v) is 8.52. The quantitative estimate of drug-likeness (QED) is 0.170. The predicted octanol–water partition coefficient (Wildman–Crippen LogP) is 9.59. The number of likely N-dealkylation sites (N-methyl/N-ethyl adjacent to an activating group) is 1. The van der Waals surface area contributed by atoms with Gasteiger partial charge in [0.2, 0.25) is 5.91 Å². The van der Waals surface area contributed by atoms with Crippen molar-refractivity contribution in [2.75, 3.05) is 13.6 Å². The maximum Gasteiger partial charge on any atom is 0.245 e. The molecule has 1 fully saturated rings. The molecule has 3 heteroatoms. The molecule has 2 nitrogen and oxygen atoms in total. The lowest BCUT2D eigenvalue weighted by Gasteiger charge is -2.29. The van der Waals surface area contributed by atoms with Crippen LogP contribution in [-0.2, 0) is 11.2 Å². The summed E-state index contributed by atoms with van der Waals surface area (Å²) < 4.78 is 15.2. The predicted molar refractivity (Wildman–Crippen MR) is 162 cm³/mol. The number of benzene rings is 3. The second-order valence-corrected chi connectivity index (χ2v) is 11.3. The van der Waals surface area contributed by atoms with E-state index < -0.39 is 0 Å². The zero-order valence-electron chi connectivity index (χ0n) is 23.8. The highest BCUT2D eigenvalue weighted by Gasteiger charge is 2.22. The number of hydrogen-bond donors (Lipinski definition) is 0. The molecule has 0 heterocycles. The molecule has 0 aromatic heterocycles. The summed E-state index contributed by atoms with van der Waals surface area (Å²) in [6, 6.07) is 22.5. The van der Waals surface area contributed by atoms with E-state index in [0.717, 1.165) is 35.4 Å². The fourth-order valence-electron chi connectivity index (χ4n) is 5.98. The molecule has 0 atom stereocenters. The van der Waals surface area contributed by atoms with Gasteiger partial charge in [0.15, 0.2) is 0 Å². The minimum absolute atomic E-state index is 0.0535. The van der Waals surface area contributed by atoms with Crippen LogP contribution in [0.3, 0.4) is 0 Å². The molecular formula is C36H44FNO. The SMILES string of the molecule is C=CC(=O)N(C)CCCc1ccc(-c2ccc(-c3ccc(C4CCC(CCCCC)CC4)cc3)c(F)c2)cc1. The molecule has 1 aliphatic carbocycles. The summed E-state index contributed by atoms with van der Waals surface area (Å²) in [6.07, 6.45) is 13.8. The molecule has 206 valence electrons. The van der Waals surface area contributed by atoms with Gasteiger partial charge in [0.05, 0.1) is 0 Å². The van der Waals surface area contributed by atoms with Crippen LogP contribution in [-0.4, -0.2) is 24.4 Å². The number of aryl methyl sites for hydroxylation is 1. The fraction of sp³-hybridized carbons (Fsp3) is 0.417. The summed E-state index contributed by atoms with van der Waals surface area (Å²) in [6.45, 7) is 6.50.